The molecule has 2 amide bonds. The number of hydrogen-bond acceptors (Lipinski definition) is 3. The van der Waals surface area contributed by atoms with Crippen molar-refractivity contribution in [2.24, 2.45) is 0 Å². The molecule has 5 heteroatoms. The minimum Gasteiger partial charge on any atom is -0.471 e. The molecule has 2 rings (SSSR count). The first kappa shape index (κ1) is 16.8. The SMILES string of the molecule is CC(NC(=O)NCc1ccncc1)Oc1ccccc1C(C)C. The highest BCUT2D eigenvalue weighted by molar-refractivity contribution is 5.74. The number of benzene rings is 1. The molecule has 0 saturated heterocycles. The van der Waals surface area contributed by atoms with E-state index in [1.807, 2.05) is 43.3 Å². The summed E-state index contributed by atoms with van der Waals surface area (Å²) in [6.07, 6.45) is 2.97. The van der Waals surface area contributed by atoms with Gasteiger partial charge in [0.15, 0.2) is 6.23 Å². The van der Waals surface area contributed by atoms with Gasteiger partial charge in [0.1, 0.15) is 5.75 Å². The molecule has 0 aliphatic carbocycles. The van der Waals surface area contributed by atoms with Crippen molar-refractivity contribution in [1.82, 2.24) is 15.6 Å². The van der Waals surface area contributed by atoms with Gasteiger partial charge in [0.25, 0.3) is 0 Å². The number of rotatable bonds is 6. The van der Waals surface area contributed by atoms with Crippen LogP contribution in [0.25, 0.3) is 0 Å². The van der Waals surface area contributed by atoms with Crippen LogP contribution < -0.4 is 15.4 Å². The first-order chi connectivity index (χ1) is 11.1. The van der Waals surface area contributed by atoms with E-state index in [1.165, 1.54) is 0 Å². The summed E-state index contributed by atoms with van der Waals surface area (Å²) in [5, 5.41) is 5.57. The number of urea groups is 1. The zero-order chi connectivity index (χ0) is 16.7. The lowest BCUT2D eigenvalue weighted by Gasteiger charge is -2.20. The van der Waals surface area contributed by atoms with Crippen molar-refractivity contribution < 1.29 is 9.53 Å². The van der Waals surface area contributed by atoms with Crippen LogP contribution in [0.2, 0.25) is 0 Å². The normalized spacial score (nSPS) is 11.8. The Balaban J connectivity index is 1.85. The van der Waals surface area contributed by atoms with E-state index in [4.69, 9.17) is 4.74 Å². The zero-order valence-electron chi connectivity index (χ0n) is 13.7. The number of amides is 2. The van der Waals surface area contributed by atoms with Crippen LogP contribution in [-0.2, 0) is 6.54 Å². The molecule has 0 bridgehead atoms. The summed E-state index contributed by atoms with van der Waals surface area (Å²) >= 11 is 0. The third-order valence-corrected chi connectivity index (χ3v) is 3.38. The van der Waals surface area contributed by atoms with Crippen LogP contribution in [0.15, 0.2) is 48.8 Å². The Kier molecular flexibility index (Phi) is 5.97. The van der Waals surface area contributed by atoms with Gasteiger partial charge in [-0.15, -0.1) is 0 Å². The van der Waals surface area contributed by atoms with Crippen LogP contribution in [0, 0.1) is 0 Å². The molecule has 122 valence electrons. The molecule has 2 aromatic rings. The number of hydrogen-bond donors (Lipinski definition) is 2. The number of nitrogens with one attached hydrogen (secondary N) is 2. The van der Waals surface area contributed by atoms with Gasteiger partial charge < -0.3 is 15.4 Å². The molecule has 0 spiro atoms. The molecule has 1 aromatic carbocycles. The average Bonchev–Trinajstić information content (AvgIpc) is 2.54. The molecule has 1 atom stereocenters. The van der Waals surface area contributed by atoms with Crippen molar-refractivity contribution in [1.29, 1.82) is 0 Å². The summed E-state index contributed by atoms with van der Waals surface area (Å²) in [7, 11) is 0. The molecule has 1 heterocycles. The first-order valence-corrected chi connectivity index (χ1v) is 7.75. The molecular formula is C18H23N3O2. The van der Waals surface area contributed by atoms with Crippen LogP contribution in [0.1, 0.15) is 37.8 Å². The summed E-state index contributed by atoms with van der Waals surface area (Å²) in [4.78, 5) is 15.9. The summed E-state index contributed by atoms with van der Waals surface area (Å²) < 4.78 is 5.85. The molecule has 0 aliphatic heterocycles. The molecule has 0 fully saturated rings. The number of pyridine rings is 1. The Bertz CT molecular complexity index is 629. The molecule has 0 radical (unpaired) electrons. The minimum absolute atomic E-state index is 0.267. The maximum Gasteiger partial charge on any atom is 0.317 e. The van der Waals surface area contributed by atoms with Crippen molar-refractivity contribution >= 4 is 6.03 Å². The molecule has 23 heavy (non-hydrogen) atoms. The van der Waals surface area contributed by atoms with Crippen molar-refractivity contribution in [2.45, 2.75) is 39.5 Å². The lowest BCUT2D eigenvalue weighted by Crippen LogP contribution is -2.43. The first-order valence-electron chi connectivity index (χ1n) is 7.75. The fourth-order valence-corrected chi connectivity index (χ4v) is 2.20. The quantitative estimate of drug-likeness (QED) is 0.803. The standard InChI is InChI=1S/C18H23N3O2/c1-13(2)16-6-4-5-7-17(16)23-14(3)21-18(22)20-12-15-8-10-19-11-9-15/h4-11,13-14H,12H2,1-3H3,(H2,20,21,22). The van der Waals surface area contributed by atoms with Gasteiger partial charge in [-0.25, -0.2) is 4.79 Å². The average molecular weight is 313 g/mol. The van der Waals surface area contributed by atoms with Gasteiger partial charge in [-0.1, -0.05) is 32.0 Å². The van der Waals surface area contributed by atoms with E-state index in [9.17, 15) is 4.79 Å². The topological polar surface area (TPSA) is 63.2 Å². The van der Waals surface area contributed by atoms with Gasteiger partial charge in [-0.2, -0.15) is 0 Å². The summed E-state index contributed by atoms with van der Waals surface area (Å²) in [6.45, 7) is 6.48. The van der Waals surface area contributed by atoms with E-state index < -0.39 is 6.23 Å². The highest BCUT2D eigenvalue weighted by Gasteiger charge is 2.12. The maximum absolute atomic E-state index is 11.9. The number of aromatic nitrogens is 1. The van der Waals surface area contributed by atoms with Crippen LogP contribution in [-0.4, -0.2) is 17.2 Å². The van der Waals surface area contributed by atoms with Crippen molar-refractivity contribution in [3.05, 3.63) is 59.9 Å². The second-order valence-corrected chi connectivity index (χ2v) is 5.64. The second kappa shape index (κ2) is 8.17. The van der Waals surface area contributed by atoms with Crippen LogP contribution in [0.5, 0.6) is 5.75 Å². The minimum atomic E-state index is -0.424. The van der Waals surface area contributed by atoms with Gasteiger partial charge in [-0.3, -0.25) is 4.98 Å². The summed E-state index contributed by atoms with van der Waals surface area (Å²) in [5.74, 6) is 1.16. The Morgan fingerprint density at radius 1 is 1.13 bits per heavy atom. The number of carbonyl (C=O) groups excluding carboxylic acids is 1. The Hall–Kier alpha value is -2.56. The van der Waals surface area contributed by atoms with Gasteiger partial charge in [0.05, 0.1) is 0 Å². The van der Waals surface area contributed by atoms with E-state index in [2.05, 4.69) is 29.5 Å². The van der Waals surface area contributed by atoms with E-state index in [1.54, 1.807) is 12.4 Å². The molecule has 1 unspecified atom stereocenters. The predicted octanol–water partition coefficient (Wildman–Crippen LogP) is 3.43. The van der Waals surface area contributed by atoms with Crippen molar-refractivity contribution in [3.63, 3.8) is 0 Å². The number of para-hydroxylation sites is 1. The largest absolute Gasteiger partial charge is 0.471 e. The lowest BCUT2D eigenvalue weighted by molar-refractivity contribution is 0.175. The van der Waals surface area contributed by atoms with E-state index in [-0.39, 0.29) is 6.03 Å². The molecule has 1 aromatic heterocycles. The molecule has 0 aliphatic rings. The van der Waals surface area contributed by atoms with E-state index in [0.717, 1.165) is 16.9 Å². The van der Waals surface area contributed by atoms with Crippen molar-refractivity contribution in [3.8, 4) is 5.75 Å². The smallest absolute Gasteiger partial charge is 0.317 e. The summed E-state index contributed by atoms with van der Waals surface area (Å²) in [5.41, 5.74) is 2.12. The Morgan fingerprint density at radius 3 is 2.52 bits per heavy atom. The zero-order valence-corrected chi connectivity index (χ0v) is 13.7. The monoisotopic (exact) mass is 313 g/mol. The number of nitrogens with zero attached hydrogens (tertiary/aromatic N) is 1. The number of carbonyl (C=O) groups is 1. The van der Waals surface area contributed by atoms with E-state index >= 15 is 0 Å². The Morgan fingerprint density at radius 2 is 1.83 bits per heavy atom. The van der Waals surface area contributed by atoms with Crippen LogP contribution in [0.4, 0.5) is 4.79 Å². The lowest BCUT2D eigenvalue weighted by atomic mass is 10.0. The molecule has 2 N–H and O–H groups in total. The maximum atomic E-state index is 11.9. The number of ether oxygens (including phenoxy) is 1. The van der Waals surface area contributed by atoms with Gasteiger partial charge >= 0.3 is 6.03 Å². The summed E-state index contributed by atoms with van der Waals surface area (Å²) in [6, 6.07) is 11.3. The van der Waals surface area contributed by atoms with E-state index in [0.29, 0.717) is 12.5 Å². The highest BCUT2D eigenvalue weighted by Crippen LogP contribution is 2.26. The fourth-order valence-electron chi connectivity index (χ4n) is 2.20. The predicted molar refractivity (Wildman–Crippen MR) is 90.2 cm³/mol. The highest BCUT2D eigenvalue weighted by atomic mass is 16.5. The second-order valence-electron chi connectivity index (χ2n) is 5.64. The Labute approximate surface area is 137 Å². The molecular weight excluding hydrogens is 290 g/mol. The van der Waals surface area contributed by atoms with Crippen LogP contribution in [0.3, 0.4) is 0 Å². The van der Waals surface area contributed by atoms with Gasteiger partial charge in [-0.05, 0) is 42.2 Å². The van der Waals surface area contributed by atoms with Crippen molar-refractivity contribution in [2.75, 3.05) is 0 Å². The third-order valence-electron chi connectivity index (χ3n) is 3.38. The third kappa shape index (κ3) is 5.29. The fraction of sp³-hybridized carbons (Fsp3) is 0.333. The van der Waals surface area contributed by atoms with Gasteiger partial charge in [0.2, 0.25) is 0 Å². The molecule has 0 saturated carbocycles. The van der Waals surface area contributed by atoms with Crippen LogP contribution >= 0.6 is 0 Å². The molecule has 5 nitrogen and oxygen atoms in total. The van der Waals surface area contributed by atoms with Gasteiger partial charge in [0, 0.05) is 18.9 Å².